The number of hydrogen-bond acceptors (Lipinski definition) is 1. The Kier molecular flexibility index (Phi) is 6.07. The van der Waals surface area contributed by atoms with E-state index in [1.165, 1.54) is 31.4 Å². The first-order valence-corrected chi connectivity index (χ1v) is 8.56. The molecule has 0 aliphatic heterocycles. The van der Waals surface area contributed by atoms with Gasteiger partial charge in [0.1, 0.15) is 5.82 Å². The van der Waals surface area contributed by atoms with Crippen LogP contribution in [0.1, 0.15) is 45.6 Å². The standard InChI is InChI=1S/C18H27ClFN/c1-4-21-18(15-6-5-12(2)13(3)9-15)10-14-7-8-16(20)11-17(14)19/h7-8,11-13,15,18,21H,4-6,9-10H2,1-3H3. The average molecular weight is 312 g/mol. The highest BCUT2D eigenvalue weighted by Gasteiger charge is 2.30. The molecular formula is C18H27ClFN. The summed E-state index contributed by atoms with van der Waals surface area (Å²) in [5.41, 5.74) is 1.05. The monoisotopic (exact) mass is 311 g/mol. The van der Waals surface area contributed by atoms with Gasteiger partial charge in [0.2, 0.25) is 0 Å². The first-order chi connectivity index (χ1) is 10.0. The van der Waals surface area contributed by atoms with Gasteiger partial charge in [-0.1, -0.05) is 44.9 Å². The summed E-state index contributed by atoms with van der Waals surface area (Å²) in [7, 11) is 0. The first-order valence-electron chi connectivity index (χ1n) is 8.18. The van der Waals surface area contributed by atoms with Crippen LogP contribution in [0, 0.1) is 23.6 Å². The second-order valence-corrected chi connectivity index (χ2v) is 7.04. The second-order valence-electron chi connectivity index (χ2n) is 6.63. The first kappa shape index (κ1) is 16.8. The lowest BCUT2D eigenvalue weighted by molar-refractivity contribution is 0.171. The van der Waals surface area contributed by atoms with Crippen LogP contribution in [0.2, 0.25) is 5.02 Å². The van der Waals surface area contributed by atoms with E-state index >= 15 is 0 Å². The molecule has 21 heavy (non-hydrogen) atoms. The van der Waals surface area contributed by atoms with Crippen LogP contribution in [0.4, 0.5) is 4.39 Å². The predicted octanol–water partition coefficient (Wildman–Crippen LogP) is 5.07. The van der Waals surface area contributed by atoms with Crippen molar-refractivity contribution in [3.63, 3.8) is 0 Å². The van der Waals surface area contributed by atoms with Gasteiger partial charge in [-0.15, -0.1) is 0 Å². The molecule has 0 radical (unpaired) electrons. The van der Waals surface area contributed by atoms with Crippen molar-refractivity contribution in [3.8, 4) is 0 Å². The summed E-state index contributed by atoms with van der Waals surface area (Å²) in [6, 6.07) is 5.20. The number of benzene rings is 1. The third kappa shape index (κ3) is 4.43. The minimum absolute atomic E-state index is 0.260. The van der Waals surface area contributed by atoms with Crippen LogP contribution in [-0.2, 0) is 6.42 Å². The maximum atomic E-state index is 13.2. The third-order valence-electron chi connectivity index (χ3n) is 5.13. The molecule has 4 unspecified atom stereocenters. The molecule has 1 fully saturated rings. The van der Waals surface area contributed by atoms with Gasteiger partial charge in [0.15, 0.2) is 0 Å². The summed E-state index contributed by atoms with van der Waals surface area (Å²) in [6.07, 6.45) is 4.75. The van der Waals surface area contributed by atoms with Crippen LogP contribution < -0.4 is 5.32 Å². The van der Waals surface area contributed by atoms with Crippen molar-refractivity contribution in [2.45, 2.75) is 52.5 Å². The predicted molar refractivity (Wildman–Crippen MR) is 88.2 cm³/mol. The molecular weight excluding hydrogens is 285 g/mol. The second kappa shape index (κ2) is 7.60. The summed E-state index contributed by atoms with van der Waals surface area (Å²) in [5, 5.41) is 4.18. The average Bonchev–Trinajstić information content (AvgIpc) is 2.44. The SMILES string of the molecule is CCNC(Cc1ccc(F)cc1Cl)C1CCC(C)C(C)C1. The molecule has 1 aromatic rings. The molecule has 2 rings (SSSR count). The molecule has 0 spiro atoms. The fourth-order valence-corrected chi connectivity index (χ4v) is 3.79. The van der Waals surface area contributed by atoms with Crippen molar-refractivity contribution in [1.29, 1.82) is 0 Å². The molecule has 1 aliphatic rings. The van der Waals surface area contributed by atoms with E-state index in [9.17, 15) is 4.39 Å². The van der Waals surface area contributed by atoms with Gasteiger partial charge >= 0.3 is 0 Å². The molecule has 4 atom stereocenters. The molecule has 118 valence electrons. The quantitative estimate of drug-likeness (QED) is 0.800. The van der Waals surface area contributed by atoms with Gasteiger partial charge < -0.3 is 5.32 Å². The summed E-state index contributed by atoms with van der Waals surface area (Å²) >= 11 is 6.20. The summed E-state index contributed by atoms with van der Waals surface area (Å²) in [4.78, 5) is 0. The van der Waals surface area contributed by atoms with Crippen LogP contribution in [0.15, 0.2) is 18.2 Å². The van der Waals surface area contributed by atoms with Crippen molar-refractivity contribution in [2.75, 3.05) is 6.54 Å². The molecule has 0 saturated heterocycles. The number of likely N-dealkylation sites (N-methyl/N-ethyl adjacent to an activating group) is 1. The highest BCUT2D eigenvalue weighted by molar-refractivity contribution is 6.31. The fraction of sp³-hybridized carbons (Fsp3) is 0.667. The van der Waals surface area contributed by atoms with Crippen molar-refractivity contribution < 1.29 is 4.39 Å². The van der Waals surface area contributed by atoms with Gasteiger partial charge in [0, 0.05) is 11.1 Å². The van der Waals surface area contributed by atoms with Gasteiger partial charge in [-0.2, -0.15) is 0 Å². The van der Waals surface area contributed by atoms with Crippen molar-refractivity contribution >= 4 is 11.6 Å². The Morgan fingerprint density at radius 3 is 2.67 bits per heavy atom. The molecule has 0 aromatic heterocycles. The van der Waals surface area contributed by atoms with Gasteiger partial charge in [-0.25, -0.2) is 4.39 Å². The van der Waals surface area contributed by atoms with E-state index in [0.717, 1.165) is 30.4 Å². The van der Waals surface area contributed by atoms with Gasteiger partial charge in [0.05, 0.1) is 0 Å². The lowest BCUT2D eigenvalue weighted by Gasteiger charge is -2.37. The Hall–Kier alpha value is -0.600. The lowest BCUT2D eigenvalue weighted by Crippen LogP contribution is -2.41. The molecule has 0 amide bonds. The lowest BCUT2D eigenvalue weighted by atomic mass is 9.72. The zero-order valence-electron chi connectivity index (χ0n) is 13.3. The Balaban J connectivity index is 2.08. The summed E-state index contributed by atoms with van der Waals surface area (Å²) in [5.74, 6) is 2.05. The minimum atomic E-state index is -0.260. The Morgan fingerprint density at radius 2 is 2.05 bits per heavy atom. The zero-order chi connectivity index (χ0) is 15.4. The zero-order valence-corrected chi connectivity index (χ0v) is 14.1. The van der Waals surface area contributed by atoms with E-state index in [1.54, 1.807) is 0 Å². The largest absolute Gasteiger partial charge is 0.314 e. The van der Waals surface area contributed by atoms with E-state index < -0.39 is 0 Å². The Labute approximate surface area is 133 Å². The van der Waals surface area contributed by atoms with Gasteiger partial charge in [0.25, 0.3) is 0 Å². The van der Waals surface area contributed by atoms with E-state index in [-0.39, 0.29) is 5.82 Å². The summed E-state index contributed by atoms with van der Waals surface area (Å²) in [6.45, 7) is 7.84. The minimum Gasteiger partial charge on any atom is -0.314 e. The van der Waals surface area contributed by atoms with E-state index in [2.05, 4.69) is 26.1 Å². The Bertz CT molecular complexity index is 463. The molecule has 1 aliphatic carbocycles. The van der Waals surface area contributed by atoms with Crippen LogP contribution >= 0.6 is 11.6 Å². The molecule has 0 bridgehead atoms. The normalized spacial score (nSPS) is 27.6. The number of hydrogen-bond donors (Lipinski definition) is 1. The molecule has 3 heteroatoms. The van der Waals surface area contributed by atoms with E-state index in [0.29, 0.717) is 17.0 Å². The highest BCUT2D eigenvalue weighted by atomic mass is 35.5. The van der Waals surface area contributed by atoms with Crippen LogP contribution in [0.25, 0.3) is 0 Å². The highest BCUT2D eigenvalue weighted by Crippen LogP contribution is 2.36. The third-order valence-corrected chi connectivity index (χ3v) is 5.48. The topological polar surface area (TPSA) is 12.0 Å². The fourth-order valence-electron chi connectivity index (χ4n) is 3.55. The Morgan fingerprint density at radius 1 is 1.29 bits per heavy atom. The van der Waals surface area contributed by atoms with Crippen molar-refractivity contribution in [2.24, 2.45) is 17.8 Å². The number of rotatable bonds is 5. The number of halogens is 2. The molecule has 0 heterocycles. The van der Waals surface area contributed by atoms with Crippen LogP contribution in [0.5, 0.6) is 0 Å². The molecule has 1 saturated carbocycles. The van der Waals surface area contributed by atoms with Gasteiger partial charge in [-0.3, -0.25) is 0 Å². The maximum Gasteiger partial charge on any atom is 0.124 e. The molecule has 1 N–H and O–H groups in total. The summed E-state index contributed by atoms with van der Waals surface area (Å²) < 4.78 is 13.2. The van der Waals surface area contributed by atoms with Crippen molar-refractivity contribution in [3.05, 3.63) is 34.6 Å². The smallest absolute Gasteiger partial charge is 0.124 e. The van der Waals surface area contributed by atoms with Crippen molar-refractivity contribution in [1.82, 2.24) is 5.32 Å². The van der Waals surface area contributed by atoms with E-state index in [1.807, 2.05) is 6.07 Å². The molecule has 1 nitrogen and oxygen atoms in total. The maximum absolute atomic E-state index is 13.2. The number of nitrogens with one attached hydrogen (secondary N) is 1. The van der Waals surface area contributed by atoms with E-state index in [4.69, 9.17) is 11.6 Å². The molecule has 1 aromatic carbocycles. The van der Waals surface area contributed by atoms with Crippen LogP contribution in [-0.4, -0.2) is 12.6 Å². The van der Waals surface area contributed by atoms with Crippen LogP contribution in [0.3, 0.4) is 0 Å². The van der Waals surface area contributed by atoms with Gasteiger partial charge in [-0.05, 0) is 61.3 Å².